The average Bonchev–Trinajstić information content (AvgIpc) is 3.24. The van der Waals surface area contributed by atoms with Gasteiger partial charge in [-0.1, -0.05) is 31.2 Å². The van der Waals surface area contributed by atoms with Crippen LogP contribution in [0, 0.1) is 0 Å². The van der Waals surface area contributed by atoms with Crippen LogP contribution in [-0.4, -0.2) is 62.8 Å². The van der Waals surface area contributed by atoms with Crippen molar-refractivity contribution in [2.24, 2.45) is 0 Å². The second kappa shape index (κ2) is 21.9. The first-order chi connectivity index (χ1) is 29.3. The van der Waals surface area contributed by atoms with Crippen LogP contribution in [0.2, 0.25) is 0 Å². The number of rotatable bonds is 17. The Balaban J connectivity index is 0.000000231. The lowest BCUT2D eigenvalue weighted by Crippen LogP contribution is -2.28. The van der Waals surface area contributed by atoms with E-state index in [-0.39, 0.29) is 24.2 Å². The third kappa shape index (κ3) is 13.7. The van der Waals surface area contributed by atoms with E-state index >= 15 is 0 Å². The number of carbonyl (C=O) groups excluding carboxylic acids is 2. The summed E-state index contributed by atoms with van der Waals surface area (Å²) >= 11 is 0. The summed E-state index contributed by atoms with van der Waals surface area (Å²) in [6.07, 6.45) is -7.20. The summed E-state index contributed by atoms with van der Waals surface area (Å²) < 4.78 is 87.9. The van der Waals surface area contributed by atoms with E-state index in [1.54, 1.807) is 60.7 Å². The van der Waals surface area contributed by atoms with Gasteiger partial charge in [-0.25, -0.2) is 0 Å². The largest absolute Gasteiger partial charge is 0.457 e. The van der Waals surface area contributed by atoms with E-state index in [9.17, 15) is 35.9 Å². The molecular weight excluding hydrogens is 803 g/mol. The van der Waals surface area contributed by atoms with Crippen LogP contribution in [0.5, 0.6) is 23.0 Å². The fourth-order valence-electron chi connectivity index (χ4n) is 6.06. The zero-order chi connectivity index (χ0) is 43.8. The van der Waals surface area contributed by atoms with Crippen molar-refractivity contribution in [3.05, 3.63) is 144 Å². The van der Waals surface area contributed by atoms with Crippen molar-refractivity contribution in [1.82, 2.24) is 21.3 Å². The van der Waals surface area contributed by atoms with Gasteiger partial charge in [-0.15, -0.1) is 0 Å². The molecule has 0 aromatic heterocycles. The van der Waals surface area contributed by atoms with Gasteiger partial charge in [-0.2, -0.15) is 26.3 Å². The highest BCUT2D eigenvalue weighted by atomic mass is 19.4. The third-order valence-electron chi connectivity index (χ3n) is 9.19. The molecule has 9 nitrogen and oxygen atoms in total. The van der Waals surface area contributed by atoms with Crippen molar-refractivity contribution >= 4 is 33.4 Å². The third-order valence-corrected chi connectivity index (χ3v) is 9.19. The first-order valence-corrected chi connectivity index (χ1v) is 19.6. The second-order valence-corrected chi connectivity index (χ2v) is 13.7. The molecule has 6 rings (SSSR count). The summed E-state index contributed by atoms with van der Waals surface area (Å²) in [5.74, 6) is 1.24. The van der Waals surface area contributed by atoms with E-state index in [2.05, 4.69) is 21.3 Å². The van der Waals surface area contributed by atoms with Gasteiger partial charge in [0.2, 0.25) is 0 Å². The molecule has 0 atom stereocenters. The van der Waals surface area contributed by atoms with Crippen LogP contribution in [0.1, 0.15) is 51.6 Å². The molecule has 0 saturated heterocycles. The minimum atomic E-state index is -4.40. The first-order valence-electron chi connectivity index (χ1n) is 19.6. The molecule has 0 radical (unpaired) electrons. The Bertz CT molecular complexity index is 2350. The normalized spacial score (nSPS) is 11.5. The minimum absolute atomic E-state index is 0.0774. The van der Waals surface area contributed by atoms with E-state index in [0.717, 1.165) is 71.7 Å². The Morgan fingerprint density at radius 3 is 1.36 bits per heavy atom. The molecule has 0 fully saturated rings. The van der Waals surface area contributed by atoms with Crippen molar-refractivity contribution in [1.29, 1.82) is 0 Å². The van der Waals surface area contributed by atoms with E-state index in [1.165, 1.54) is 24.3 Å². The summed E-state index contributed by atoms with van der Waals surface area (Å²) in [7, 11) is 0. The van der Waals surface area contributed by atoms with Gasteiger partial charge >= 0.3 is 12.4 Å². The number of benzene rings is 6. The Morgan fingerprint density at radius 1 is 0.541 bits per heavy atom. The Hall–Kier alpha value is -6.16. The molecule has 6 aromatic rings. The molecule has 0 bridgehead atoms. The maximum absolute atomic E-state index is 12.7. The summed E-state index contributed by atoms with van der Waals surface area (Å²) in [5, 5.41) is 23.8. The molecule has 2 amide bonds. The Kier molecular flexibility index (Phi) is 16.5. The average molecular weight is 849 g/mol. The number of carbonyl (C=O) groups is 2. The van der Waals surface area contributed by atoms with Crippen LogP contribution < -0.4 is 30.7 Å². The summed E-state index contributed by atoms with van der Waals surface area (Å²) in [6.45, 7) is 6.16. The molecule has 5 N–H and O–H groups in total. The maximum atomic E-state index is 12.7. The van der Waals surface area contributed by atoms with Crippen LogP contribution in [0.4, 0.5) is 26.3 Å². The second-order valence-electron chi connectivity index (χ2n) is 13.7. The molecule has 0 heterocycles. The number of fused-ring (bicyclic) bond motifs is 2. The number of ether oxygens (including phenoxy) is 2. The van der Waals surface area contributed by atoms with Gasteiger partial charge in [0, 0.05) is 41.5 Å². The quantitative estimate of drug-likeness (QED) is 0.0458. The fraction of sp³-hybridized carbons (Fsp3) is 0.261. The SMILES string of the molecule is CCNCCCNC(=O)c1ccc2c(Oc3ccc(C(F)(F)F)cc3)cccc2c1.O=C(NCCCNCCO)c1ccc2c(Oc3ccc(C(F)(F)F)cc3)cccc2c1. The van der Waals surface area contributed by atoms with Crippen LogP contribution >= 0.6 is 0 Å². The lowest BCUT2D eigenvalue weighted by molar-refractivity contribution is -0.138. The highest BCUT2D eigenvalue weighted by molar-refractivity contribution is 6.01. The summed E-state index contributed by atoms with van der Waals surface area (Å²) in [6, 6.07) is 30.2. The van der Waals surface area contributed by atoms with Gasteiger partial charge in [0.05, 0.1) is 17.7 Å². The molecule has 15 heteroatoms. The van der Waals surface area contributed by atoms with E-state index < -0.39 is 23.5 Å². The number of aliphatic hydroxyl groups is 1. The molecular formula is C46H46F6N4O5. The lowest BCUT2D eigenvalue weighted by Gasteiger charge is -2.12. The van der Waals surface area contributed by atoms with Crippen molar-refractivity contribution in [2.45, 2.75) is 32.1 Å². The molecule has 6 aromatic carbocycles. The highest BCUT2D eigenvalue weighted by Crippen LogP contribution is 2.35. The number of hydrogen-bond donors (Lipinski definition) is 5. The Morgan fingerprint density at radius 2 is 0.967 bits per heavy atom. The number of nitrogens with one attached hydrogen (secondary N) is 4. The molecule has 0 aliphatic rings. The van der Waals surface area contributed by atoms with Crippen molar-refractivity contribution in [2.75, 3.05) is 45.9 Å². The number of amides is 2. The molecule has 0 unspecified atom stereocenters. The van der Waals surface area contributed by atoms with Crippen LogP contribution in [0.25, 0.3) is 21.5 Å². The van der Waals surface area contributed by atoms with Gasteiger partial charge in [-0.3, -0.25) is 9.59 Å². The molecule has 322 valence electrons. The molecule has 0 aliphatic heterocycles. The van der Waals surface area contributed by atoms with Gasteiger partial charge in [0.15, 0.2) is 0 Å². The van der Waals surface area contributed by atoms with Gasteiger partial charge < -0.3 is 35.8 Å². The smallest absolute Gasteiger partial charge is 0.416 e. The molecule has 0 saturated carbocycles. The van der Waals surface area contributed by atoms with E-state index in [0.29, 0.717) is 54.6 Å². The predicted octanol–water partition coefficient (Wildman–Crippen LogP) is 9.73. The van der Waals surface area contributed by atoms with Crippen molar-refractivity contribution in [3.8, 4) is 23.0 Å². The standard InChI is InChI=1S/C23H23F3N2O3.C23H23F3N2O2/c24-23(25,26)18-6-8-19(9-7-18)31-21-4-1-3-16-15-17(5-10-20(16)21)22(30)28-12-2-11-27-13-14-29;1-2-27-13-4-14-28-22(29)17-7-12-20-16(15-17)5-3-6-21(20)30-19-10-8-18(9-11-19)23(24,25)26/h1,3-10,15,27,29H,2,11-14H2,(H,28,30);3,5-12,15,27H,2,4,13-14H2,1H3,(H,28,29). The van der Waals surface area contributed by atoms with Gasteiger partial charge in [0.25, 0.3) is 11.8 Å². The maximum Gasteiger partial charge on any atom is 0.416 e. The van der Waals surface area contributed by atoms with Gasteiger partial charge in [-0.05, 0) is 140 Å². The number of hydrogen-bond acceptors (Lipinski definition) is 7. The highest BCUT2D eigenvalue weighted by Gasteiger charge is 2.31. The minimum Gasteiger partial charge on any atom is -0.457 e. The lowest BCUT2D eigenvalue weighted by atomic mass is 10.1. The molecule has 0 aliphatic carbocycles. The monoisotopic (exact) mass is 848 g/mol. The summed E-state index contributed by atoms with van der Waals surface area (Å²) in [5.41, 5.74) is -0.424. The molecule has 0 spiro atoms. The van der Waals surface area contributed by atoms with Crippen molar-refractivity contribution in [3.63, 3.8) is 0 Å². The number of halogens is 6. The molecule has 61 heavy (non-hydrogen) atoms. The fourth-order valence-corrected chi connectivity index (χ4v) is 6.06. The number of aliphatic hydroxyl groups excluding tert-OH is 1. The zero-order valence-corrected chi connectivity index (χ0v) is 33.3. The van der Waals surface area contributed by atoms with Gasteiger partial charge in [0.1, 0.15) is 23.0 Å². The first kappa shape index (κ1) is 45.9. The summed E-state index contributed by atoms with van der Waals surface area (Å²) in [4.78, 5) is 24.7. The van der Waals surface area contributed by atoms with Crippen LogP contribution in [0.3, 0.4) is 0 Å². The predicted molar refractivity (Wildman–Crippen MR) is 223 cm³/mol. The van der Waals surface area contributed by atoms with Crippen LogP contribution in [0.15, 0.2) is 121 Å². The van der Waals surface area contributed by atoms with E-state index in [4.69, 9.17) is 14.6 Å². The van der Waals surface area contributed by atoms with E-state index in [1.807, 2.05) is 19.1 Å². The topological polar surface area (TPSA) is 121 Å². The van der Waals surface area contributed by atoms with Crippen molar-refractivity contribution < 1.29 is 50.5 Å². The Labute approximate surface area is 349 Å². The van der Waals surface area contributed by atoms with Crippen LogP contribution in [-0.2, 0) is 12.4 Å². The zero-order valence-electron chi connectivity index (χ0n) is 33.3. The number of alkyl halides is 6.